The maximum absolute atomic E-state index is 11.9. The maximum atomic E-state index is 11.9. The van der Waals surface area contributed by atoms with Crippen LogP contribution in [-0.4, -0.2) is 49.6 Å². The number of ether oxygens (including phenoxy) is 4. The molecule has 6 heteroatoms. The van der Waals surface area contributed by atoms with Gasteiger partial charge in [0.1, 0.15) is 13.2 Å². The molecule has 0 radical (unpaired) electrons. The zero-order chi connectivity index (χ0) is 27.3. The van der Waals surface area contributed by atoms with E-state index in [4.69, 9.17) is 18.9 Å². The van der Waals surface area contributed by atoms with Crippen LogP contribution in [0, 0.1) is 0 Å². The molecule has 0 amide bonds. The first-order valence-corrected chi connectivity index (χ1v) is 16.3. The summed E-state index contributed by atoms with van der Waals surface area (Å²) >= 11 is 0. The maximum Gasteiger partial charge on any atom is 0.305 e. The van der Waals surface area contributed by atoms with E-state index in [-0.39, 0.29) is 25.2 Å². The second kappa shape index (κ2) is 21.7. The number of epoxide rings is 2. The Bertz CT molecular complexity index is 557. The van der Waals surface area contributed by atoms with Gasteiger partial charge in [0.05, 0.1) is 24.4 Å². The molecule has 222 valence electrons. The van der Waals surface area contributed by atoms with Gasteiger partial charge in [-0.05, 0) is 38.5 Å². The zero-order valence-corrected chi connectivity index (χ0v) is 24.7. The summed E-state index contributed by atoms with van der Waals surface area (Å²) in [6.45, 7) is 4.80. The third-order valence-electron chi connectivity index (χ3n) is 7.91. The summed E-state index contributed by atoms with van der Waals surface area (Å²) < 4.78 is 21.9. The van der Waals surface area contributed by atoms with E-state index >= 15 is 0 Å². The van der Waals surface area contributed by atoms with Crippen LogP contribution in [0.15, 0.2) is 0 Å². The predicted molar refractivity (Wildman–Crippen MR) is 152 cm³/mol. The number of hydrogen-bond acceptors (Lipinski definition) is 6. The molecule has 0 aromatic rings. The molecular formula is C32H58O6. The van der Waals surface area contributed by atoms with Crippen molar-refractivity contribution < 1.29 is 28.5 Å². The van der Waals surface area contributed by atoms with E-state index in [2.05, 4.69) is 13.8 Å². The van der Waals surface area contributed by atoms with E-state index < -0.39 is 0 Å². The molecule has 0 bridgehead atoms. The van der Waals surface area contributed by atoms with Crippen molar-refractivity contribution in [3.63, 3.8) is 0 Å². The molecule has 4 unspecified atom stereocenters. The van der Waals surface area contributed by atoms with Crippen LogP contribution >= 0.6 is 0 Å². The third kappa shape index (κ3) is 17.4. The van der Waals surface area contributed by atoms with Gasteiger partial charge in [-0.3, -0.25) is 9.59 Å². The fraction of sp³-hybridized carbons (Fsp3) is 0.938. The molecule has 2 heterocycles. The first-order valence-electron chi connectivity index (χ1n) is 16.3. The molecule has 0 saturated carbocycles. The van der Waals surface area contributed by atoms with E-state index in [0.717, 1.165) is 51.4 Å². The lowest BCUT2D eigenvalue weighted by atomic mass is 10.0. The molecule has 4 atom stereocenters. The molecule has 0 N–H and O–H groups in total. The Morgan fingerprint density at radius 1 is 0.474 bits per heavy atom. The lowest BCUT2D eigenvalue weighted by molar-refractivity contribution is -0.152. The van der Waals surface area contributed by atoms with Crippen molar-refractivity contribution >= 4 is 11.9 Å². The van der Waals surface area contributed by atoms with Gasteiger partial charge >= 0.3 is 11.9 Å². The zero-order valence-electron chi connectivity index (χ0n) is 24.7. The highest BCUT2D eigenvalue weighted by Crippen LogP contribution is 2.32. The van der Waals surface area contributed by atoms with Crippen LogP contribution in [0.4, 0.5) is 0 Å². The Balaban J connectivity index is 1.27. The van der Waals surface area contributed by atoms with Crippen molar-refractivity contribution in [1.82, 2.24) is 0 Å². The Morgan fingerprint density at radius 3 is 1.13 bits per heavy atom. The molecular weight excluding hydrogens is 480 g/mol. The van der Waals surface area contributed by atoms with Crippen LogP contribution in [0.5, 0.6) is 0 Å². The van der Waals surface area contributed by atoms with Crippen molar-refractivity contribution in [2.75, 3.05) is 13.2 Å². The van der Waals surface area contributed by atoms with Crippen molar-refractivity contribution in [2.24, 2.45) is 0 Å². The summed E-state index contributed by atoms with van der Waals surface area (Å²) in [7, 11) is 0. The first-order chi connectivity index (χ1) is 18.6. The largest absolute Gasteiger partial charge is 0.462 e. The van der Waals surface area contributed by atoms with Crippen LogP contribution in [-0.2, 0) is 28.5 Å². The summed E-state index contributed by atoms with van der Waals surface area (Å²) in [6.07, 6.45) is 26.6. The lowest BCUT2D eigenvalue weighted by Gasteiger charge is -2.06. The van der Waals surface area contributed by atoms with Gasteiger partial charge < -0.3 is 18.9 Å². The number of hydrogen-bond donors (Lipinski definition) is 0. The van der Waals surface area contributed by atoms with Crippen molar-refractivity contribution in [3.8, 4) is 0 Å². The summed E-state index contributed by atoms with van der Waals surface area (Å²) in [5, 5.41) is 0. The van der Waals surface area contributed by atoms with E-state index in [0.29, 0.717) is 37.3 Å². The van der Waals surface area contributed by atoms with E-state index in [1.54, 1.807) is 0 Å². The van der Waals surface area contributed by atoms with E-state index in [9.17, 15) is 9.59 Å². The Morgan fingerprint density at radius 2 is 0.789 bits per heavy atom. The molecule has 2 aliphatic rings. The minimum atomic E-state index is -0.199. The van der Waals surface area contributed by atoms with E-state index in [1.807, 2.05) is 0 Å². The van der Waals surface area contributed by atoms with Gasteiger partial charge in [-0.1, -0.05) is 104 Å². The standard InChI is InChI=1S/C32H58O6/c1-3-5-7-9-13-19-27-29(37-27)21-15-11-17-23-31(33)35-25-26-36-32(34)24-18-12-16-22-30-28(38-30)20-14-10-8-6-4-2/h27-30H,3-26H2,1-2H3. The number of carbonyl (C=O) groups is 2. The van der Waals surface area contributed by atoms with Gasteiger partial charge in [0.2, 0.25) is 0 Å². The number of rotatable bonds is 27. The quantitative estimate of drug-likeness (QED) is 0.0595. The van der Waals surface area contributed by atoms with Gasteiger partial charge in [0.15, 0.2) is 0 Å². The molecule has 2 aliphatic heterocycles. The molecule has 6 nitrogen and oxygen atoms in total. The number of esters is 2. The molecule has 38 heavy (non-hydrogen) atoms. The van der Waals surface area contributed by atoms with E-state index in [1.165, 1.54) is 77.0 Å². The highest BCUT2D eigenvalue weighted by Gasteiger charge is 2.37. The van der Waals surface area contributed by atoms with Gasteiger partial charge in [-0.2, -0.15) is 0 Å². The second-order valence-corrected chi connectivity index (χ2v) is 11.5. The average molecular weight is 539 g/mol. The SMILES string of the molecule is CCCCCCCC1OC1CCCCCC(=O)OCCOC(=O)CCCCCC1OC1CCCCCCC. The van der Waals surface area contributed by atoms with Crippen LogP contribution in [0.25, 0.3) is 0 Å². The third-order valence-corrected chi connectivity index (χ3v) is 7.91. The minimum absolute atomic E-state index is 0.152. The molecule has 0 aromatic carbocycles. The molecule has 2 fully saturated rings. The highest BCUT2D eigenvalue weighted by atomic mass is 16.6. The Hall–Kier alpha value is -1.14. The smallest absolute Gasteiger partial charge is 0.305 e. The Labute approximate surface area is 233 Å². The van der Waals surface area contributed by atoms with Gasteiger partial charge in [-0.15, -0.1) is 0 Å². The molecule has 0 spiro atoms. The van der Waals surface area contributed by atoms with Crippen molar-refractivity contribution in [2.45, 2.75) is 180 Å². The van der Waals surface area contributed by atoms with Gasteiger partial charge in [0.25, 0.3) is 0 Å². The average Bonchev–Trinajstić information content (AvgIpc) is 3.83. The summed E-state index contributed by atoms with van der Waals surface area (Å²) in [6, 6.07) is 0. The topological polar surface area (TPSA) is 77.7 Å². The van der Waals surface area contributed by atoms with Gasteiger partial charge in [-0.25, -0.2) is 0 Å². The monoisotopic (exact) mass is 538 g/mol. The summed E-state index contributed by atoms with van der Waals surface area (Å²) in [5.74, 6) is -0.398. The van der Waals surface area contributed by atoms with Crippen LogP contribution in [0.1, 0.15) is 155 Å². The van der Waals surface area contributed by atoms with Crippen molar-refractivity contribution in [3.05, 3.63) is 0 Å². The fourth-order valence-electron chi connectivity index (χ4n) is 5.31. The lowest BCUT2D eigenvalue weighted by Crippen LogP contribution is -2.13. The second-order valence-electron chi connectivity index (χ2n) is 11.5. The van der Waals surface area contributed by atoms with Crippen molar-refractivity contribution in [1.29, 1.82) is 0 Å². The summed E-state index contributed by atoms with van der Waals surface area (Å²) in [4.78, 5) is 23.7. The first kappa shape index (κ1) is 33.1. The highest BCUT2D eigenvalue weighted by molar-refractivity contribution is 5.70. The van der Waals surface area contributed by atoms with Crippen LogP contribution < -0.4 is 0 Å². The molecule has 0 aromatic heterocycles. The molecule has 2 saturated heterocycles. The summed E-state index contributed by atoms with van der Waals surface area (Å²) in [5.41, 5.74) is 0. The number of carbonyl (C=O) groups excluding carboxylic acids is 2. The predicted octanol–water partition coefficient (Wildman–Crippen LogP) is 8.23. The molecule has 2 rings (SSSR count). The molecule has 0 aliphatic carbocycles. The minimum Gasteiger partial charge on any atom is -0.462 e. The fourth-order valence-corrected chi connectivity index (χ4v) is 5.31. The van der Waals surface area contributed by atoms with Gasteiger partial charge in [0, 0.05) is 12.8 Å². The van der Waals surface area contributed by atoms with Crippen LogP contribution in [0.3, 0.4) is 0 Å². The number of unbranched alkanes of at least 4 members (excludes halogenated alkanes) is 12. The normalized spacial score (nSPS) is 21.8. The van der Waals surface area contributed by atoms with Crippen LogP contribution in [0.2, 0.25) is 0 Å². The Kier molecular flexibility index (Phi) is 18.8.